The minimum atomic E-state index is -1.05. The number of carbonyl (C=O) groups is 2. The number of carbonyl (C=O) groups excluding carboxylic acids is 2. The molecule has 0 spiro atoms. The van der Waals surface area contributed by atoms with Crippen molar-refractivity contribution in [1.29, 1.82) is 0 Å². The lowest BCUT2D eigenvalue weighted by Gasteiger charge is -2.32. The third kappa shape index (κ3) is 3.71. The third-order valence-electron chi connectivity index (χ3n) is 5.20. The third-order valence-corrected chi connectivity index (χ3v) is 5.20. The van der Waals surface area contributed by atoms with Gasteiger partial charge < -0.3 is 15.2 Å². The molecule has 1 atom stereocenters. The van der Waals surface area contributed by atoms with E-state index in [0.29, 0.717) is 12.8 Å². The molecule has 2 N–H and O–H groups in total. The van der Waals surface area contributed by atoms with Crippen LogP contribution in [-0.4, -0.2) is 25.6 Å². The normalized spacial score (nSPS) is 18.1. The fourth-order valence-electron chi connectivity index (χ4n) is 4.07. The fraction of sp³-hybridized carbons (Fsp3) is 0.304. The molecule has 1 aliphatic carbocycles. The summed E-state index contributed by atoms with van der Waals surface area (Å²) >= 11 is 0. The van der Waals surface area contributed by atoms with Crippen molar-refractivity contribution in [2.75, 3.05) is 13.7 Å². The zero-order chi connectivity index (χ0) is 20.1. The summed E-state index contributed by atoms with van der Waals surface area (Å²) in [6, 6.07) is 18.0. The molecule has 3 rings (SSSR count). The number of esters is 1. The Balaban J connectivity index is 2.15. The average Bonchev–Trinajstić information content (AvgIpc) is 2.95. The first-order chi connectivity index (χ1) is 13.5. The summed E-state index contributed by atoms with van der Waals surface area (Å²) in [5.41, 5.74) is 9.75. The summed E-state index contributed by atoms with van der Waals surface area (Å²) in [6.07, 6.45) is 1.36. The van der Waals surface area contributed by atoms with Crippen molar-refractivity contribution in [3.05, 3.63) is 76.9 Å². The van der Waals surface area contributed by atoms with E-state index in [1.165, 1.54) is 12.7 Å². The molecule has 5 nitrogen and oxygen atoms in total. The lowest BCUT2D eigenvalue weighted by Crippen LogP contribution is -2.37. The second kappa shape index (κ2) is 8.40. The van der Waals surface area contributed by atoms with E-state index in [1.807, 2.05) is 49.4 Å². The quantitative estimate of drug-likeness (QED) is 0.713. The minimum absolute atomic E-state index is 0.0253. The Hall–Kier alpha value is -2.92. The zero-order valence-electron chi connectivity index (χ0n) is 16.2. The van der Waals surface area contributed by atoms with Crippen LogP contribution in [-0.2, 0) is 31.1 Å². The van der Waals surface area contributed by atoms with Crippen molar-refractivity contribution in [2.45, 2.75) is 31.8 Å². The molecule has 0 heterocycles. The Kier molecular flexibility index (Phi) is 5.95. The van der Waals surface area contributed by atoms with Gasteiger partial charge in [-0.1, -0.05) is 61.5 Å². The van der Waals surface area contributed by atoms with Crippen LogP contribution in [0.5, 0.6) is 0 Å². The maximum atomic E-state index is 12.0. The first kappa shape index (κ1) is 19.8. The summed E-state index contributed by atoms with van der Waals surface area (Å²) in [7, 11) is 1.31. The molecule has 1 unspecified atom stereocenters. The lowest BCUT2D eigenvalue weighted by molar-refractivity contribution is -0.153. The first-order valence-corrected chi connectivity index (χ1v) is 9.37. The largest absolute Gasteiger partial charge is 0.467 e. The Bertz CT molecular complexity index is 904. The van der Waals surface area contributed by atoms with Gasteiger partial charge in [-0.05, 0) is 40.7 Å². The lowest BCUT2D eigenvalue weighted by atomic mass is 9.84. The Morgan fingerprint density at radius 1 is 1.04 bits per heavy atom. The van der Waals surface area contributed by atoms with Gasteiger partial charge in [-0.25, -0.2) is 4.79 Å². The van der Waals surface area contributed by atoms with Gasteiger partial charge in [0, 0.05) is 0 Å². The fourth-order valence-corrected chi connectivity index (χ4v) is 4.07. The predicted molar refractivity (Wildman–Crippen MR) is 107 cm³/mol. The van der Waals surface area contributed by atoms with Crippen molar-refractivity contribution in [2.24, 2.45) is 5.73 Å². The van der Waals surface area contributed by atoms with Gasteiger partial charge in [0.1, 0.15) is 12.2 Å². The molecule has 2 aromatic carbocycles. The van der Waals surface area contributed by atoms with Crippen molar-refractivity contribution in [1.82, 2.24) is 0 Å². The van der Waals surface area contributed by atoms with E-state index in [9.17, 15) is 9.59 Å². The van der Waals surface area contributed by atoms with Crippen molar-refractivity contribution in [3.8, 4) is 0 Å². The van der Waals surface area contributed by atoms with E-state index in [4.69, 9.17) is 15.2 Å². The Morgan fingerprint density at radius 2 is 1.71 bits per heavy atom. The Morgan fingerprint density at radius 3 is 2.36 bits per heavy atom. The monoisotopic (exact) mass is 379 g/mol. The second-order valence-corrected chi connectivity index (χ2v) is 6.85. The number of nitrogens with two attached hydrogens (primary N) is 1. The van der Waals surface area contributed by atoms with Gasteiger partial charge in [0.15, 0.2) is 0 Å². The highest BCUT2D eigenvalue weighted by Crippen LogP contribution is 2.51. The highest BCUT2D eigenvalue weighted by Gasteiger charge is 2.46. The molecule has 0 aliphatic heterocycles. The van der Waals surface area contributed by atoms with Crippen LogP contribution in [0.3, 0.4) is 0 Å². The number of amides is 1. The smallest absolute Gasteiger partial charge is 0.331 e. The standard InChI is InChI=1S/C23H25NO4/c1-3-19-18(13-16-9-5-4-6-10-16)17-11-7-8-12-20(17)23(19,14-21(24)25)28-15-22(26)27-2/h4-12H,3,13-15H2,1-2H3,(H2,24,25). The molecule has 2 aromatic rings. The van der Waals surface area contributed by atoms with Crippen molar-refractivity contribution in [3.63, 3.8) is 0 Å². The maximum Gasteiger partial charge on any atom is 0.331 e. The number of benzene rings is 2. The van der Waals surface area contributed by atoms with Crippen LogP contribution in [0.4, 0.5) is 0 Å². The summed E-state index contributed by atoms with van der Waals surface area (Å²) < 4.78 is 10.9. The molecule has 0 bridgehead atoms. The van der Waals surface area contributed by atoms with Crippen LogP contribution in [0.2, 0.25) is 0 Å². The van der Waals surface area contributed by atoms with Gasteiger partial charge in [0.2, 0.25) is 5.91 Å². The molecule has 0 radical (unpaired) electrons. The van der Waals surface area contributed by atoms with E-state index >= 15 is 0 Å². The number of primary amides is 1. The number of methoxy groups -OCH3 is 1. The van der Waals surface area contributed by atoms with Gasteiger partial charge in [-0.15, -0.1) is 0 Å². The SMILES string of the molecule is CCC1=C(Cc2ccccc2)c2ccccc2C1(CC(N)=O)OCC(=O)OC. The van der Waals surface area contributed by atoms with E-state index in [1.54, 1.807) is 0 Å². The molecule has 0 saturated heterocycles. The average molecular weight is 379 g/mol. The van der Waals surface area contributed by atoms with Gasteiger partial charge in [-0.3, -0.25) is 4.79 Å². The van der Waals surface area contributed by atoms with Gasteiger partial charge in [-0.2, -0.15) is 0 Å². The van der Waals surface area contributed by atoms with Crippen molar-refractivity contribution >= 4 is 17.4 Å². The molecule has 0 saturated carbocycles. The number of fused-ring (bicyclic) bond motifs is 1. The summed E-state index contributed by atoms with van der Waals surface area (Å²) in [5, 5.41) is 0. The molecule has 146 valence electrons. The molecule has 5 heteroatoms. The summed E-state index contributed by atoms with van der Waals surface area (Å²) in [5.74, 6) is -0.972. The highest BCUT2D eigenvalue weighted by molar-refractivity contribution is 5.85. The predicted octanol–water partition coefficient (Wildman–Crippen LogP) is 3.37. The molecular formula is C23H25NO4. The van der Waals surface area contributed by atoms with E-state index in [2.05, 4.69) is 12.1 Å². The van der Waals surface area contributed by atoms with Crippen LogP contribution in [0.25, 0.3) is 5.57 Å². The minimum Gasteiger partial charge on any atom is -0.467 e. The van der Waals surface area contributed by atoms with Gasteiger partial charge in [0.05, 0.1) is 13.5 Å². The number of allylic oxidation sites excluding steroid dienone is 1. The van der Waals surface area contributed by atoms with Crippen LogP contribution >= 0.6 is 0 Å². The van der Waals surface area contributed by atoms with Crippen LogP contribution in [0, 0.1) is 0 Å². The van der Waals surface area contributed by atoms with E-state index in [-0.39, 0.29) is 13.0 Å². The first-order valence-electron chi connectivity index (χ1n) is 9.37. The molecular weight excluding hydrogens is 354 g/mol. The van der Waals surface area contributed by atoms with Gasteiger partial charge >= 0.3 is 5.97 Å². The highest BCUT2D eigenvalue weighted by atomic mass is 16.6. The number of ether oxygens (including phenoxy) is 2. The molecule has 28 heavy (non-hydrogen) atoms. The summed E-state index contributed by atoms with van der Waals surface area (Å²) in [6.45, 7) is 1.78. The van der Waals surface area contributed by atoms with Crippen LogP contribution < -0.4 is 5.73 Å². The van der Waals surface area contributed by atoms with Crippen molar-refractivity contribution < 1.29 is 19.1 Å². The van der Waals surface area contributed by atoms with Crippen LogP contribution in [0.1, 0.15) is 36.5 Å². The van der Waals surface area contributed by atoms with E-state index < -0.39 is 17.5 Å². The molecule has 0 fully saturated rings. The van der Waals surface area contributed by atoms with Gasteiger partial charge in [0.25, 0.3) is 0 Å². The van der Waals surface area contributed by atoms with E-state index in [0.717, 1.165) is 22.3 Å². The molecule has 0 aromatic heterocycles. The molecule has 1 aliphatic rings. The second-order valence-electron chi connectivity index (χ2n) is 6.85. The number of hydrogen-bond donors (Lipinski definition) is 1. The van der Waals surface area contributed by atoms with Crippen LogP contribution in [0.15, 0.2) is 60.2 Å². The number of hydrogen-bond acceptors (Lipinski definition) is 4. The number of rotatable bonds is 8. The Labute approximate surface area is 165 Å². The maximum absolute atomic E-state index is 12.0. The molecule has 1 amide bonds. The zero-order valence-corrected chi connectivity index (χ0v) is 16.2. The summed E-state index contributed by atoms with van der Waals surface area (Å²) in [4.78, 5) is 23.8. The topological polar surface area (TPSA) is 78.6 Å².